The highest BCUT2D eigenvalue weighted by Gasteiger charge is 2.31. The average Bonchev–Trinajstić information content (AvgIpc) is 1.70. The minimum absolute atomic E-state index is 0.346. The second-order valence-corrected chi connectivity index (χ2v) is 39.9. The van der Waals surface area contributed by atoms with Crippen molar-refractivity contribution in [3.05, 3.63) is 164 Å². The molecule has 4 aromatic rings. The van der Waals surface area contributed by atoms with Crippen LogP contribution in [0.5, 0.6) is 0 Å². The smallest absolute Gasteiger partial charge is 0.104 e. The molecule has 12 aliphatic heterocycles. The van der Waals surface area contributed by atoms with E-state index in [1.165, 1.54) is 83.5 Å². The van der Waals surface area contributed by atoms with Crippen LogP contribution >= 0.6 is 0 Å². The van der Waals surface area contributed by atoms with Crippen LogP contribution < -0.4 is 0 Å². The first-order chi connectivity index (χ1) is 69.3. The second kappa shape index (κ2) is 67.7. The highest BCUT2D eigenvalue weighted by molar-refractivity contribution is 5.60. The maximum absolute atomic E-state index is 5.76. The molecular formula is C116H176O24. The Morgan fingerprint density at radius 2 is 0.414 bits per heavy atom. The molecule has 0 spiro atoms. The van der Waals surface area contributed by atoms with E-state index in [-0.39, 0.29) is 0 Å². The summed E-state index contributed by atoms with van der Waals surface area (Å²) in [7, 11) is 0. The average molecular weight is 1950 g/mol. The lowest BCUT2D eigenvalue weighted by Gasteiger charge is -2.18. The third kappa shape index (κ3) is 51.0. The topological polar surface area (TPSA) is 261 Å². The molecule has 12 unspecified atom stereocenters. The maximum atomic E-state index is 5.76. The number of epoxide rings is 12. The Morgan fingerprint density at radius 1 is 0.193 bits per heavy atom. The van der Waals surface area contributed by atoms with Gasteiger partial charge in [-0.1, -0.05) is 99.2 Å². The van der Waals surface area contributed by atoms with Crippen molar-refractivity contribution in [1.29, 1.82) is 0 Å². The first-order valence-corrected chi connectivity index (χ1v) is 54.7. The third-order valence-corrected chi connectivity index (χ3v) is 27.1. The molecule has 12 saturated heterocycles. The first kappa shape index (κ1) is 112. The molecule has 0 bridgehead atoms. The highest BCUT2D eigenvalue weighted by atomic mass is 16.6. The van der Waals surface area contributed by atoms with Crippen molar-refractivity contribution in [3.8, 4) is 0 Å². The van der Waals surface area contributed by atoms with Crippen LogP contribution in [0.4, 0.5) is 0 Å². The summed E-state index contributed by atoms with van der Waals surface area (Å²) >= 11 is 0. The maximum Gasteiger partial charge on any atom is 0.104 e. The Labute approximate surface area is 839 Å². The summed E-state index contributed by atoms with van der Waals surface area (Å²) in [5.74, 6) is 0. The Morgan fingerprint density at radius 3 is 0.693 bits per heavy atom. The lowest BCUT2D eigenvalue weighted by atomic mass is 9.87. The summed E-state index contributed by atoms with van der Waals surface area (Å²) in [6.45, 7) is 45.6. The van der Waals surface area contributed by atoms with Crippen LogP contribution in [0.25, 0.3) is 24.3 Å². The zero-order valence-corrected chi connectivity index (χ0v) is 85.4. The minimum atomic E-state index is 0.346. The van der Waals surface area contributed by atoms with Crippen molar-refractivity contribution >= 4 is 24.3 Å². The third-order valence-electron chi connectivity index (χ3n) is 27.1. The van der Waals surface area contributed by atoms with Crippen LogP contribution in [-0.2, 0) is 191 Å². The van der Waals surface area contributed by atoms with E-state index in [0.29, 0.717) is 73.2 Å². The van der Waals surface area contributed by atoms with Gasteiger partial charge >= 0.3 is 0 Å². The van der Waals surface area contributed by atoms with Gasteiger partial charge < -0.3 is 114 Å². The van der Waals surface area contributed by atoms with Gasteiger partial charge in [0.25, 0.3) is 0 Å². The zero-order valence-electron chi connectivity index (χ0n) is 85.4. The fourth-order valence-electron chi connectivity index (χ4n) is 17.7. The van der Waals surface area contributed by atoms with E-state index in [9.17, 15) is 0 Å². The van der Waals surface area contributed by atoms with Gasteiger partial charge in [0.1, 0.15) is 73.2 Å². The van der Waals surface area contributed by atoms with E-state index in [1.807, 2.05) is 18.2 Å². The normalized spacial score (nSPS) is 22.3. The molecule has 0 aromatic heterocycles. The van der Waals surface area contributed by atoms with Gasteiger partial charge in [0.15, 0.2) is 0 Å². The largest absolute Gasteiger partial charge is 0.379 e. The van der Waals surface area contributed by atoms with Crippen LogP contribution in [0.2, 0.25) is 0 Å². The fourth-order valence-corrected chi connectivity index (χ4v) is 17.7. The molecular weight excluding hydrogens is 1780 g/mol. The molecule has 12 aliphatic rings. The number of benzene rings is 4. The SMILES string of the molecule is C=Cc1c(CCCCOCC2CO2)ccc(CCCCOCC2CO2)c1CCCCOCC1CO1.C=Cc1cc(CCCCOCC2CO2)c(CCCCOCC2CO2)c(CCCCOCC2CO2)c1.C=Cc1cc(CCCCOCC2CO2)cc(CCCCOCC2CO2)c1CCCCOCC1CO1.C=Cc1ccc(CCCCOCC2CO2)c(CCCCOCC2CO2)c1CCCCOCC1CO1. The number of ether oxygens (including phenoxy) is 24. The summed E-state index contributed by atoms with van der Waals surface area (Å²) in [6.07, 6.45) is 52.0. The van der Waals surface area contributed by atoms with Crippen molar-refractivity contribution in [2.45, 2.75) is 304 Å². The second-order valence-electron chi connectivity index (χ2n) is 39.9. The minimum Gasteiger partial charge on any atom is -0.379 e. The molecule has 784 valence electrons. The molecule has 0 radical (unpaired) electrons. The molecule has 4 aromatic carbocycles. The molecule has 24 heteroatoms. The van der Waals surface area contributed by atoms with Gasteiger partial charge in [0.2, 0.25) is 0 Å². The van der Waals surface area contributed by atoms with Crippen molar-refractivity contribution in [3.63, 3.8) is 0 Å². The quantitative estimate of drug-likeness (QED) is 0.0294. The van der Waals surface area contributed by atoms with E-state index in [0.717, 1.165) is 469 Å². The monoisotopic (exact) mass is 1950 g/mol. The number of rotatable bonds is 88. The summed E-state index contributed by atoms with van der Waals surface area (Å²) in [5.41, 5.74) is 22.9. The molecule has 12 heterocycles. The molecule has 16 rings (SSSR count). The van der Waals surface area contributed by atoms with Crippen LogP contribution in [0.3, 0.4) is 0 Å². The van der Waals surface area contributed by atoms with Gasteiger partial charge in [-0.2, -0.15) is 0 Å². The van der Waals surface area contributed by atoms with Crippen molar-refractivity contribution < 1.29 is 114 Å². The lowest BCUT2D eigenvalue weighted by Crippen LogP contribution is -2.08. The molecule has 0 amide bonds. The summed E-state index contributed by atoms with van der Waals surface area (Å²) in [4.78, 5) is 0. The van der Waals surface area contributed by atoms with Crippen LogP contribution in [0, 0.1) is 0 Å². The Balaban J connectivity index is 0.000000157. The molecule has 0 saturated carbocycles. The molecule has 12 atom stereocenters. The first-order valence-electron chi connectivity index (χ1n) is 54.7. The summed E-state index contributed by atoms with van der Waals surface area (Å²) in [6, 6.07) is 18.8. The van der Waals surface area contributed by atoms with Crippen molar-refractivity contribution in [2.24, 2.45) is 0 Å². The lowest BCUT2D eigenvalue weighted by molar-refractivity contribution is 0.113. The van der Waals surface area contributed by atoms with Gasteiger partial charge in [0, 0.05) is 79.3 Å². The van der Waals surface area contributed by atoms with E-state index < -0.39 is 0 Å². The van der Waals surface area contributed by atoms with Crippen molar-refractivity contribution in [2.75, 3.05) is 238 Å². The number of aryl methyl sites for hydroxylation is 7. The highest BCUT2D eigenvalue weighted by Crippen LogP contribution is 2.33. The predicted octanol–water partition coefficient (Wildman–Crippen LogP) is 18.2. The molecule has 0 aliphatic carbocycles. The van der Waals surface area contributed by atoms with Gasteiger partial charge in [0.05, 0.1) is 159 Å². The fraction of sp³-hybridized carbons (Fsp3) is 0.724. The van der Waals surface area contributed by atoms with E-state index in [1.54, 1.807) is 5.56 Å². The molecule has 12 fully saturated rings. The van der Waals surface area contributed by atoms with Gasteiger partial charge in [-0.3, -0.25) is 0 Å². The number of hydrogen-bond acceptors (Lipinski definition) is 24. The van der Waals surface area contributed by atoms with Gasteiger partial charge in [-0.05, 0) is 320 Å². The van der Waals surface area contributed by atoms with Gasteiger partial charge in [-0.25, -0.2) is 0 Å². The number of unbranched alkanes of at least 4 members (excludes halogenated alkanes) is 12. The zero-order chi connectivity index (χ0) is 96.5. The van der Waals surface area contributed by atoms with Crippen LogP contribution in [0.1, 0.15) is 243 Å². The van der Waals surface area contributed by atoms with Gasteiger partial charge in [-0.15, -0.1) is 0 Å². The molecule has 140 heavy (non-hydrogen) atoms. The molecule has 0 N–H and O–H groups in total. The van der Waals surface area contributed by atoms with E-state index in [2.05, 4.69) is 80.9 Å². The summed E-state index contributed by atoms with van der Waals surface area (Å²) in [5, 5.41) is 0. The molecule has 24 nitrogen and oxygen atoms in total. The summed E-state index contributed by atoms with van der Waals surface area (Å²) < 4.78 is 131. The Kier molecular flexibility index (Phi) is 54.2. The number of hydrogen-bond donors (Lipinski definition) is 0. The Hall–Kier alpha value is -5.12. The van der Waals surface area contributed by atoms with E-state index >= 15 is 0 Å². The van der Waals surface area contributed by atoms with E-state index in [4.69, 9.17) is 114 Å². The van der Waals surface area contributed by atoms with Crippen LogP contribution in [-0.4, -0.2) is 311 Å². The van der Waals surface area contributed by atoms with Crippen LogP contribution in [0.15, 0.2) is 74.8 Å². The van der Waals surface area contributed by atoms with Crippen molar-refractivity contribution in [1.82, 2.24) is 0 Å². The predicted molar refractivity (Wildman–Crippen MR) is 548 cm³/mol. The standard InChI is InChI=1S/4C29H44O6/c1-2-28-23(9-3-6-14-30-17-25-20-33-25)12-13-24(10-4-7-15-31-18-26-21-34-26)29(28)11-5-8-16-32-19-27-22-35-27;1-2-23-12-13-24(9-3-6-14-30-17-25-20-33-25)29(11-5-8-16-32-19-27-22-35-27)28(23)10-4-7-15-31-18-26-21-34-26;1-2-24-15-23(9-3-6-12-30-17-26-20-33-26)16-25(10-4-7-13-31-18-27-21-34-27)29(24)11-5-8-14-32-19-28-22-35-28;1-2-23-15-24(9-3-6-12-30-17-26-20-33-26)29(11-5-8-14-32-19-28-22-35-28)25(16-23)10-4-7-13-31-18-27-21-34-27/h2*2,12-13,25-27H,1,3-11,14-22H2;2*2,15-16,26-28H,1,3-14,17-22H2. The Bertz CT molecular complexity index is 3940.